The molecule has 1 fully saturated rings. The summed E-state index contributed by atoms with van der Waals surface area (Å²) in [6, 6.07) is 6.88. The molecular weight excluding hydrogens is 336 g/mol. The fourth-order valence-electron chi connectivity index (χ4n) is 2.99. The Labute approximate surface area is 151 Å². The van der Waals surface area contributed by atoms with Crippen molar-refractivity contribution in [1.29, 1.82) is 0 Å². The topological polar surface area (TPSA) is 93.2 Å². The normalized spacial score (nSPS) is 18.3. The number of likely N-dealkylation sites (N-methyl/N-ethyl adjacent to an activating group) is 1. The van der Waals surface area contributed by atoms with Gasteiger partial charge in [0.15, 0.2) is 0 Å². The summed E-state index contributed by atoms with van der Waals surface area (Å²) in [4.78, 5) is 41.6. The van der Waals surface area contributed by atoms with Crippen LogP contribution in [0.4, 0.5) is 5.69 Å². The van der Waals surface area contributed by atoms with Crippen LogP contribution in [0.3, 0.4) is 0 Å². The fourth-order valence-corrected chi connectivity index (χ4v) is 2.99. The van der Waals surface area contributed by atoms with Crippen LogP contribution in [0, 0.1) is 0 Å². The van der Waals surface area contributed by atoms with Gasteiger partial charge in [-0.05, 0) is 25.2 Å². The SMILES string of the molecule is CN1CCN(C(=O)c2cccc(NC3=CC(=O)N(CCO)C3=O)c2)CC1. The molecule has 2 N–H and O–H groups in total. The van der Waals surface area contributed by atoms with E-state index < -0.39 is 11.8 Å². The van der Waals surface area contributed by atoms with E-state index in [9.17, 15) is 14.4 Å². The Kier molecular flexibility index (Phi) is 5.34. The van der Waals surface area contributed by atoms with Gasteiger partial charge in [0.1, 0.15) is 5.70 Å². The van der Waals surface area contributed by atoms with E-state index in [0.29, 0.717) is 24.3 Å². The highest BCUT2D eigenvalue weighted by molar-refractivity contribution is 6.17. The standard InChI is InChI=1S/C18H22N4O4/c1-20-5-7-21(8-6-20)17(25)13-3-2-4-14(11-13)19-15-12-16(24)22(9-10-23)18(15)26/h2-4,11-12,19,23H,5-10H2,1H3. The highest BCUT2D eigenvalue weighted by Gasteiger charge is 2.30. The van der Waals surface area contributed by atoms with E-state index in [1.54, 1.807) is 24.3 Å². The number of piperazine rings is 1. The quantitative estimate of drug-likeness (QED) is 0.704. The average molecular weight is 358 g/mol. The van der Waals surface area contributed by atoms with Crippen molar-refractivity contribution in [3.63, 3.8) is 0 Å². The van der Waals surface area contributed by atoms with Crippen LogP contribution >= 0.6 is 0 Å². The maximum absolute atomic E-state index is 12.7. The van der Waals surface area contributed by atoms with Gasteiger partial charge in [-0.25, -0.2) is 0 Å². The molecule has 0 atom stereocenters. The molecule has 0 unspecified atom stereocenters. The zero-order valence-electron chi connectivity index (χ0n) is 14.6. The van der Waals surface area contributed by atoms with Crippen molar-refractivity contribution in [3.8, 4) is 0 Å². The van der Waals surface area contributed by atoms with E-state index >= 15 is 0 Å². The lowest BCUT2D eigenvalue weighted by Gasteiger charge is -2.32. The summed E-state index contributed by atoms with van der Waals surface area (Å²) >= 11 is 0. The molecule has 138 valence electrons. The second kappa shape index (κ2) is 7.67. The summed E-state index contributed by atoms with van der Waals surface area (Å²) < 4.78 is 0. The van der Waals surface area contributed by atoms with E-state index in [2.05, 4.69) is 10.2 Å². The second-order valence-corrected chi connectivity index (χ2v) is 6.38. The molecule has 0 saturated carbocycles. The first-order chi connectivity index (χ1) is 12.5. The third kappa shape index (κ3) is 3.76. The number of aliphatic hydroxyl groups excluding tert-OH is 1. The zero-order valence-corrected chi connectivity index (χ0v) is 14.6. The van der Waals surface area contributed by atoms with Crippen molar-refractivity contribution in [2.45, 2.75) is 0 Å². The lowest BCUT2D eigenvalue weighted by molar-refractivity contribution is -0.137. The monoisotopic (exact) mass is 358 g/mol. The lowest BCUT2D eigenvalue weighted by Crippen LogP contribution is -2.47. The number of hydrogen-bond donors (Lipinski definition) is 2. The molecule has 1 saturated heterocycles. The summed E-state index contributed by atoms with van der Waals surface area (Å²) in [7, 11) is 2.03. The van der Waals surface area contributed by atoms with Gasteiger partial charge in [-0.3, -0.25) is 19.3 Å². The maximum Gasteiger partial charge on any atom is 0.277 e. The molecule has 3 rings (SSSR count). The van der Waals surface area contributed by atoms with Crippen LogP contribution in [0.1, 0.15) is 10.4 Å². The number of amides is 3. The van der Waals surface area contributed by atoms with Gasteiger partial charge in [0.25, 0.3) is 17.7 Å². The van der Waals surface area contributed by atoms with Gasteiger partial charge < -0.3 is 20.2 Å². The summed E-state index contributed by atoms with van der Waals surface area (Å²) in [5.41, 5.74) is 1.22. The number of rotatable bonds is 5. The van der Waals surface area contributed by atoms with Crippen molar-refractivity contribution in [1.82, 2.24) is 14.7 Å². The fraction of sp³-hybridized carbons (Fsp3) is 0.389. The molecule has 2 aliphatic heterocycles. The Balaban J connectivity index is 1.70. The average Bonchev–Trinajstić information content (AvgIpc) is 2.90. The minimum atomic E-state index is -0.486. The predicted molar refractivity (Wildman–Crippen MR) is 95.4 cm³/mol. The second-order valence-electron chi connectivity index (χ2n) is 6.38. The van der Waals surface area contributed by atoms with Gasteiger partial charge in [0, 0.05) is 43.5 Å². The van der Waals surface area contributed by atoms with Crippen molar-refractivity contribution < 1.29 is 19.5 Å². The highest BCUT2D eigenvalue weighted by Crippen LogP contribution is 2.19. The molecule has 0 aliphatic carbocycles. The minimum absolute atomic E-state index is 0.0404. The van der Waals surface area contributed by atoms with Crippen molar-refractivity contribution in [2.75, 3.05) is 51.7 Å². The summed E-state index contributed by atoms with van der Waals surface area (Å²) in [5, 5.41) is 11.8. The van der Waals surface area contributed by atoms with Crippen LogP contribution in [-0.2, 0) is 9.59 Å². The molecule has 0 bridgehead atoms. The number of imide groups is 1. The van der Waals surface area contributed by atoms with Gasteiger partial charge in [-0.2, -0.15) is 0 Å². The molecule has 0 radical (unpaired) electrons. The molecule has 0 aromatic heterocycles. The summed E-state index contributed by atoms with van der Waals surface area (Å²) in [6.07, 6.45) is 1.20. The van der Waals surface area contributed by atoms with Crippen LogP contribution in [0.25, 0.3) is 0 Å². The molecule has 2 heterocycles. The lowest BCUT2D eigenvalue weighted by atomic mass is 10.1. The van der Waals surface area contributed by atoms with Crippen LogP contribution < -0.4 is 5.32 Å². The molecule has 1 aromatic rings. The number of carbonyl (C=O) groups excluding carboxylic acids is 3. The van der Waals surface area contributed by atoms with E-state index in [4.69, 9.17) is 5.11 Å². The molecule has 3 amide bonds. The molecule has 8 nitrogen and oxygen atoms in total. The van der Waals surface area contributed by atoms with Gasteiger partial charge >= 0.3 is 0 Å². The molecule has 8 heteroatoms. The van der Waals surface area contributed by atoms with Gasteiger partial charge in [-0.15, -0.1) is 0 Å². The van der Waals surface area contributed by atoms with Crippen LogP contribution in [0.15, 0.2) is 36.0 Å². The number of nitrogens with one attached hydrogen (secondary N) is 1. The van der Waals surface area contributed by atoms with Crippen molar-refractivity contribution in [2.24, 2.45) is 0 Å². The van der Waals surface area contributed by atoms with Crippen LogP contribution in [0.5, 0.6) is 0 Å². The van der Waals surface area contributed by atoms with E-state index in [1.165, 1.54) is 6.08 Å². The van der Waals surface area contributed by atoms with E-state index in [1.807, 2.05) is 11.9 Å². The number of aliphatic hydroxyl groups is 1. The molecular formula is C18H22N4O4. The first-order valence-electron chi connectivity index (χ1n) is 8.53. The highest BCUT2D eigenvalue weighted by atomic mass is 16.3. The van der Waals surface area contributed by atoms with Crippen LogP contribution in [0.2, 0.25) is 0 Å². The third-order valence-electron chi connectivity index (χ3n) is 4.51. The largest absolute Gasteiger partial charge is 0.395 e. The number of hydrogen-bond acceptors (Lipinski definition) is 6. The number of nitrogens with zero attached hydrogens (tertiary/aromatic N) is 3. The van der Waals surface area contributed by atoms with Gasteiger partial charge in [0.05, 0.1) is 13.2 Å². The molecule has 2 aliphatic rings. The Morgan fingerprint density at radius 2 is 1.92 bits per heavy atom. The number of anilines is 1. The Hall–Kier alpha value is -2.71. The molecule has 0 spiro atoms. The first kappa shape index (κ1) is 18.1. The van der Waals surface area contributed by atoms with E-state index in [0.717, 1.165) is 18.0 Å². The number of carbonyl (C=O) groups is 3. The van der Waals surface area contributed by atoms with Crippen molar-refractivity contribution >= 4 is 23.4 Å². The smallest absolute Gasteiger partial charge is 0.277 e. The zero-order chi connectivity index (χ0) is 18.7. The minimum Gasteiger partial charge on any atom is -0.395 e. The number of benzene rings is 1. The first-order valence-corrected chi connectivity index (χ1v) is 8.53. The number of β-amino-alcohol motifs (C(OH)–C–C–N with tert-alkyl or cyclic N) is 1. The van der Waals surface area contributed by atoms with Gasteiger partial charge in [-0.1, -0.05) is 6.07 Å². The van der Waals surface area contributed by atoms with Crippen LogP contribution in [-0.4, -0.2) is 83.9 Å². The third-order valence-corrected chi connectivity index (χ3v) is 4.51. The Morgan fingerprint density at radius 1 is 1.19 bits per heavy atom. The summed E-state index contributed by atoms with van der Waals surface area (Å²) in [6.45, 7) is 2.72. The predicted octanol–water partition coefficient (Wildman–Crippen LogP) is -0.269. The Bertz CT molecular complexity index is 753. The van der Waals surface area contributed by atoms with Crippen molar-refractivity contribution in [3.05, 3.63) is 41.6 Å². The van der Waals surface area contributed by atoms with Gasteiger partial charge in [0.2, 0.25) is 0 Å². The maximum atomic E-state index is 12.7. The Morgan fingerprint density at radius 3 is 2.62 bits per heavy atom. The summed E-state index contributed by atoms with van der Waals surface area (Å²) in [5.74, 6) is -0.998. The molecule has 26 heavy (non-hydrogen) atoms. The molecule has 1 aromatic carbocycles. The van der Waals surface area contributed by atoms with E-state index in [-0.39, 0.29) is 24.8 Å².